The molecule has 1 aromatic heterocycles. The lowest BCUT2D eigenvalue weighted by Gasteiger charge is -2.25. The molecule has 2 atom stereocenters. The molecule has 0 spiro atoms. The van der Waals surface area contributed by atoms with Crippen LogP contribution in [0.25, 0.3) is 10.9 Å². The number of fused-ring (bicyclic) bond motifs is 1. The Bertz CT molecular complexity index is 1080. The second-order valence-corrected chi connectivity index (χ2v) is 7.88. The lowest BCUT2D eigenvalue weighted by Crippen LogP contribution is -2.51. The Kier molecular flexibility index (Phi) is 6.39. The zero-order chi connectivity index (χ0) is 22.5. The summed E-state index contributed by atoms with van der Waals surface area (Å²) < 4.78 is 5.36. The van der Waals surface area contributed by atoms with E-state index >= 15 is 0 Å². The fourth-order valence-corrected chi connectivity index (χ4v) is 3.99. The Morgan fingerprint density at radius 1 is 1.12 bits per heavy atom. The summed E-state index contributed by atoms with van der Waals surface area (Å²) in [6.45, 7) is 0.508. The van der Waals surface area contributed by atoms with Gasteiger partial charge in [-0.1, -0.05) is 48.5 Å². The number of benzene rings is 2. The number of aromatic nitrogens is 1. The molecule has 0 radical (unpaired) electrons. The Morgan fingerprint density at radius 2 is 1.88 bits per heavy atom. The van der Waals surface area contributed by atoms with E-state index in [2.05, 4.69) is 10.3 Å². The van der Waals surface area contributed by atoms with Gasteiger partial charge in [-0.25, -0.2) is 9.59 Å². The topological polar surface area (TPSA) is 112 Å². The molecule has 8 heteroatoms. The zero-order valence-electron chi connectivity index (χ0n) is 17.5. The number of carboxylic acids is 1. The van der Waals surface area contributed by atoms with Crippen LogP contribution in [0.2, 0.25) is 0 Å². The van der Waals surface area contributed by atoms with E-state index in [9.17, 15) is 19.5 Å². The van der Waals surface area contributed by atoms with Crippen LogP contribution in [0.5, 0.6) is 0 Å². The number of nitrogens with one attached hydrogen (secondary N) is 2. The number of carboxylic acid groups (broad SMARTS) is 1. The highest BCUT2D eigenvalue weighted by Gasteiger charge is 2.36. The van der Waals surface area contributed by atoms with E-state index < -0.39 is 30.1 Å². The number of aliphatic carboxylic acids is 1. The summed E-state index contributed by atoms with van der Waals surface area (Å²) in [5.74, 6) is -1.61. The molecule has 2 aromatic carbocycles. The van der Waals surface area contributed by atoms with Crippen LogP contribution in [-0.4, -0.2) is 51.6 Å². The Hall–Kier alpha value is -3.81. The number of amides is 2. The molecular formula is C24H25N3O5. The highest BCUT2D eigenvalue weighted by Crippen LogP contribution is 2.20. The third-order valence-corrected chi connectivity index (χ3v) is 5.62. The van der Waals surface area contributed by atoms with Crippen molar-refractivity contribution in [2.24, 2.45) is 0 Å². The number of rotatable bonds is 7. The molecule has 1 fully saturated rings. The van der Waals surface area contributed by atoms with Gasteiger partial charge < -0.3 is 20.1 Å². The van der Waals surface area contributed by atoms with Crippen molar-refractivity contribution in [2.75, 3.05) is 6.54 Å². The van der Waals surface area contributed by atoms with Gasteiger partial charge in [0.15, 0.2) is 0 Å². The minimum absolute atomic E-state index is 0.112. The number of aromatic amines is 1. The maximum Gasteiger partial charge on any atom is 0.410 e. The van der Waals surface area contributed by atoms with E-state index in [4.69, 9.17) is 4.74 Å². The molecule has 0 bridgehead atoms. The van der Waals surface area contributed by atoms with Crippen molar-refractivity contribution >= 4 is 28.9 Å². The molecule has 3 N–H and O–H groups in total. The molecule has 8 nitrogen and oxygen atoms in total. The second kappa shape index (κ2) is 9.55. The summed E-state index contributed by atoms with van der Waals surface area (Å²) in [7, 11) is 0. The van der Waals surface area contributed by atoms with Crippen LogP contribution < -0.4 is 5.32 Å². The van der Waals surface area contributed by atoms with Crippen molar-refractivity contribution in [3.8, 4) is 0 Å². The average Bonchev–Trinajstić information content (AvgIpc) is 3.44. The van der Waals surface area contributed by atoms with E-state index in [1.165, 1.54) is 4.90 Å². The molecular weight excluding hydrogens is 410 g/mol. The van der Waals surface area contributed by atoms with Gasteiger partial charge in [-0.15, -0.1) is 0 Å². The third kappa shape index (κ3) is 4.91. The highest BCUT2D eigenvalue weighted by molar-refractivity contribution is 5.90. The summed E-state index contributed by atoms with van der Waals surface area (Å²) in [4.78, 5) is 41.8. The number of carbonyl (C=O) groups is 3. The minimum Gasteiger partial charge on any atom is -0.480 e. The molecule has 1 saturated heterocycles. The van der Waals surface area contributed by atoms with Crippen LogP contribution in [0, 0.1) is 0 Å². The smallest absolute Gasteiger partial charge is 0.410 e. The molecule has 1 aliphatic heterocycles. The fourth-order valence-electron chi connectivity index (χ4n) is 3.99. The van der Waals surface area contributed by atoms with Gasteiger partial charge >= 0.3 is 12.1 Å². The summed E-state index contributed by atoms with van der Waals surface area (Å²) in [5.41, 5.74) is 2.47. The quantitative estimate of drug-likeness (QED) is 0.528. The number of likely N-dealkylation sites (tertiary alicyclic amines) is 1. The van der Waals surface area contributed by atoms with Crippen molar-refractivity contribution in [1.82, 2.24) is 15.2 Å². The zero-order valence-corrected chi connectivity index (χ0v) is 17.5. The van der Waals surface area contributed by atoms with Crippen LogP contribution in [0.3, 0.4) is 0 Å². The number of hydrogen-bond donors (Lipinski definition) is 3. The van der Waals surface area contributed by atoms with Crippen molar-refractivity contribution < 1.29 is 24.2 Å². The van der Waals surface area contributed by atoms with Crippen molar-refractivity contribution in [2.45, 2.75) is 38.0 Å². The molecule has 0 aliphatic carbocycles. The molecule has 4 rings (SSSR count). The van der Waals surface area contributed by atoms with Crippen LogP contribution in [0.15, 0.2) is 60.7 Å². The van der Waals surface area contributed by atoms with Gasteiger partial charge in [-0.05, 0) is 35.9 Å². The first kappa shape index (κ1) is 21.4. The number of H-pyrrole nitrogens is 1. The van der Waals surface area contributed by atoms with Crippen LogP contribution in [0.1, 0.15) is 24.1 Å². The van der Waals surface area contributed by atoms with Gasteiger partial charge in [0.05, 0.1) is 0 Å². The third-order valence-electron chi connectivity index (χ3n) is 5.62. The normalized spacial score (nSPS) is 16.6. The summed E-state index contributed by atoms with van der Waals surface area (Å²) in [6, 6.07) is 16.9. The van der Waals surface area contributed by atoms with Crippen LogP contribution in [0.4, 0.5) is 4.79 Å². The van der Waals surface area contributed by atoms with Gasteiger partial charge in [-0.3, -0.25) is 9.69 Å². The predicted molar refractivity (Wildman–Crippen MR) is 118 cm³/mol. The van der Waals surface area contributed by atoms with E-state index in [1.807, 2.05) is 60.7 Å². The van der Waals surface area contributed by atoms with Crippen molar-refractivity contribution in [3.05, 3.63) is 71.9 Å². The Labute approximate surface area is 185 Å². The maximum atomic E-state index is 12.9. The van der Waals surface area contributed by atoms with Gasteiger partial charge in [0, 0.05) is 24.2 Å². The molecule has 2 amide bonds. The largest absolute Gasteiger partial charge is 0.480 e. The molecule has 2 heterocycles. The number of hydrogen-bond acceptors (Lipinski definition) is 4. The number of nitrogens with zero attached hydrogens (tertiary/aromatic N) is 1. The molecule has 3 aromatic rings. The van der Waals surface area contributed by atoms with E-state index in [0.29, 0.717) is 25.1 Å². The fraction of sp³-hybridized carbons (Fsp3) is 0.292. The van der Waals surface area contributed by atoms with Gasteiger partial charge in [0.1, 0.15) is 18.7 Å². The molecule has 0 saturated carbocycles. The minimum atomic E-state index is -1.13. The maximum absolute atomic E-state index is 12.9. The molecule has 32 heavy (non-hydrogen) atoms. The van der Waals surface area contributed by atoms with E-state index in [1.54, 1.807) is 0 Å². The Balaban J connectivity index is 1.38. The number of carbonyl (C=O) groups excluding carboxylic acids is 2. The predicted octanol–water partition coefficient (Wildman–Crippen LogP) is 3.08. The van der Waals surface area contributed by atoms with Gasteiger partial charge in [-0.2, -0.15) is 0 Å². The number of ether oxygens (including phenoxy) is 1. The first-order valence-corrected chi connectivity index (χ1v) is 10.6. The summed E-state index contributed by atoms with van der Waals surface area (Å²) >= 11 is 0. The van der Waals surface area contributed by atoms with Crippen LogP contribution in [-0.2, 0) is 27.4 Å². The van der Waals surface area contributed by atoms with Crippen molar-refractivity contribution in [1.29, 1.82) is 0 Å². The first-order chi connectivity index (χ1) is 15.5. The Morgan fingerprint density at radius 3 is 2.62 bits per heavy atom. The lowest BCUT2D eigenvalue weighted by atomic mass is 10.1. The highest BCUT2D eigenvalue weighted by atomic mass is 16.6. The van der Waals surface area contributed by atoms with Gasteiger partial charge in [0.25, 0.3) is 0 Å². The molecule has 2 unspecified atom stereocenters. The summed E-state index contributed by atoms with van der Waals surface area (Å²) in [6.07, 6.45) is 0.651. The molecule has 1 aliphatic rings. The standard InChI is InChI=1S/C24H25N3O5/c28-22(21-11-6-12-27(21)24(31)32-15-16-7-2-1-3-8-16)26-20(23(29)30)14-18-13-17-9-4-5-10-19(17)25-18/h1-5,7-10,13,20-21,25H,6,11-12,14-15H2,(H,26,28)(H,29,30). The van der Waals surface area contributed by atoms with Crippen LogP contribution >= 0.6 is 0 Å². The summed E-state index contributed by atoms with van der Waals surface area (Å²) in [5, 5.41) is 13.2. The average molecular weight is 435 g/mol. The first-order valence-electron chi connectivity index (χ1n) is 10.6. The van der Waals surface area contributed by atoms with E-state index in [0.717, 1.165) is 16.5 Å². The lowest BCUT2D eigenvalue weighted by molar-refractivity contribution is -0.142. The second-order valence-electron chi connectivity index (χ2n) is 7.88. The van der Waals surface area contributed by atoms with Gasteiger partial charge in [0.2, 0.25) is 5.91 Å². The SMILES string of the molecule is O=C(O)C(Cc1cc2ccccc2[nH]1)NC(=O)C1CCCN1C(=O)OCc1ccccc1. The molecule has 166 valence electrons. The van der Waals surface area contributed by atoms with Crippen molar-refractivity contribution in [3.63, 3.8) is 0 Å². The monoisotopic (exact) mass is 435 g/mol. The number of para-hydroxylation sites is 1. The van der Waals surface area contributed by atoms with E-state index in [-0.39, 0.29) is 13.0 Å².